The second-order valence-electron chi connectivity index (χ2n) is 8.72. The van der Waals surface area contributed by atoms with Crippen LogP contribution >= 0.6 is 11.8 Å². The minimum atomic E-state index is 0.229. The number of nitrogens with zero attached hydrogens (tertiary/aromatic N) is 5. The first-order valence-corrected chi connectivity index (χ1v) is 12.6. The standard InChI is InChI=1S/C25H29N5O2S/c1-17(2)24-27-25(32-28-24)29-11-9-20(10-12-29)31-16-18-4-7-23(26-15-18)30-13-8-19-14-21(33-3)5-6-22(19)30/h4-8,13-15,17,20H,9-12,16H2,1-3H3. The molecule has 0 bridgehead atoms. The Hall–Kier alpha value is -2.84. The average Bonchev–Trinajstić information content (AvgIpc) is 3.51. The number of hydrogen-bond donors (Lipinski definition) is 0. The van der Waals surface area contributed by atoms with E-state index in [0.717, 1.165) is 48.7 Å². The number of fused-ring (bicyclic) bond motifs is 1. The van der Waals surface area contributed by atoms with E-state index in [1.54, 1.807) is 11.8 Å². The van der Waals surface area contributed by atoms with Crippen molar-refractivity contribution in [2.24, 2.45) is 0 Å². The van der Waals surface area contributed by atoms with Crippen LogP contribution in [0.2, 0.25) is 0 Å². The van der Waals surface area contributed by atoms with Crippen LogP contribution in [0.1, 0.15) is 44.0 Å². The smallest absolute Gasteiger partial charge is 0.324 e. The van der Waals surface area contributed by atoms with E-state index in [1.165, 1.54) is 10.3 Å². The van der Waals surface area contributed by atoms with E-state index >= 15 is 0 Å². The lowest BCUT2D eigenvalue weighted by molar-refractivity contribution is 0.0244. The summed E-state index contributed by atoms with van der Waals surface area (Å²) in [6.07, 6.45) is 8.20. The first-order chi connectivity index (χ1) is 16.1. The maximum Gasteiger partial charge on any atom is 0.324 e. The molecular weight excluding hydrogens is 434 g/mol. The molecule has 172 valence electrons. The fraction of sp³-hybridized carbons (Fsp3) is 0.400. The van der Waals surface area contributed by atoms with Crippen molar-refractivity contribution in [3.05, 3.63) is 60.2 Å². The lowest BCUT2D eigenvalue weighted by Crippen LogP contribution is -2.37. The van der Waals surface area contributed by atoms with Gasteiger partial charge >= 0.3 is 6.01 Å². The second kappa shape index (κ2) is 9.57. The van der Waals surface area contributed by atoms with E-state index in [9.17, 15) is 0 Å². The molecule has 0 unspecified atom stereocenters. The van der Waals surface area contributed by atoms with E-state index < -0.39 is 0 Å². The number of piperidine rings is 1. The van der Waals surface area contributed by atoms with Crippen LogP contribution in [-0.4, -0.2) is 45.1 Å². The summed E-state index contributed by atoms with van der Waals surface area (Å²) in [6, 6.07) is 13.4. The number of thioether (sulfide) groups is 1. The predicted molar refractivity (Wildman–Crippen MR) is 131 cm³/mol. The zero-order valence-corrected chi connectivity index (χ0v) is 20.1. The Labute approximate surface area is 198 Å². The Kier molecular flexibility index (Phi) is 6.37. The van der Waals surface area contributed by atoms with Crippen molar-refractivity contribution in [1.82, 2.24) is 19.7 Å². The molecule has 4 aromatic rings. The van der Waals surface area contributed by atoms with Crippen molar-refractivity contribution in [3.8, 4) is 5.82 Å². The van der Waals surface area contributed by atoms with Crippen LogP contribution in [0.5, 0.6) is 0 Å². The molecule has 1 aliphatic rings. The summed E-state index contributed by atoms with van der Waals surface area (Å²) in [4.78, 5) is 12.6. The fourth-order valence-electron chi connectivity index (χ4n) is 4.11. The van der Waals surface area contributed by atoms with Crippen LogP contribution in [0.15, 0.2) is 58.2 Å². The third-order valence-corrected chi connectivity index (χ3v) is 6.82. The quantitative estimate of drug-likeness (QED) is 0.338. The minimum Gasteiger partial charge on any atom is -0.373 e. The number of anilines is 1. The molecule has 1 aromatic carbocycles. The Balaban J connectivity index is 1.15. The largest absolute Gasteiger partial charge is 0.373 e. The predicted octanol–water partition coefficient (Wildman–Crippen LogP) is 5.44. The molecule has 0 saturated carbocycles. The highest BCUT2D eigenvalue weighted by atomic mass is 32.2. The highest BCUT2D eigenvalue weighted by Crippen LogP contribution is 2.25. The van der Waals surface area contributed by atoms with Crippen molar-refractivity contribution in [2.75, 3.05) is 24.2 Å². The lowest BCUT2D eigenvalue weighted by atomic mass is 10.1. The molecule has 4 heterocycles. The molecule has 5 rings (SSSR count). The van der Waals surface area contributed by atoms with Gasteiger partial charge in [0.1, 0.15) is 5.82 Å². The number of benzene rings is 1. The van der Waals surface area contributed by atoms with Gasteiger partial charge in [-0.3, -0.25) is 0 Å². The third-order valence-electron chi connectivity index (χ3n) is 6.10. The van der Waals surface area contributed by atoms with Gasteiger partial charge in [-0.1, -0.05) is 25.1 Å². The Morgan fingerprint density at radius 1 is 1.15 bits per heavy atom. The lowest BCUT2D eigenvalue weighted by Gasteiger charge is -2.30. The minimum absolute atomic E-state index is 0.229. The van der Waals surface area contributed by atoms with Gasteiger partial charge in [0, 0.05) is 41.7 Å². The van der Waals surface area contributed by atoms with Gasteiger partial charge in [-0.2, -0.15) is 4.98 Å². The molecular formula is C25H29N5O2S. The average molecular weight is 464 g/mol. The van der Waals surface area contributed by atoms with Crippen LogP contribution in [0.25, 0.3) is 16.7 Å². The van der Waals surface area contributed by atoms with E-state index in [-0.39, 0.29) is 12.0 Å². The molecule has 33 heavy (non-hydrogen) atoms. The van der Waals surface area contributed by atoms with Crippen molar-refractivity contribution >= 4 is 28.7 Å². The summed E-state index contributed by atoms with van der Waals surface area (Å²) in [5.41, 5.74) is 2.25. The zero-order valence-electron chi connectivity index (χ0n) is 19.3. The molecule has 8 heteroatoms. The highest BCUT2D eigenvalue weighted by molar-refractivity contribution is 7.98. The van der Waals surface area contributed by atoms with Gasteiger partial charge in [0.25, 0.3) is 0 Å². The Morgan fingerprint density at radius 3 is 2.70 bits per heavy atom. The molecule has 0 spiro atoms. The topological polar surface area (TPSA) is 69.2 Å². The molecule has 0 N–H and O–H groups in total. The SMILES string of the molecule is CSc1ccc2c(ccn2-c2ccc(COC3CCN(c4nc(C(C)C)no4)CC3)cn2)c1. The summed E-state index contributed by atoms with van der Waals surface area (Å²) in [5, 5.41) is 5.29. The summed E-state index contributed by atoms with van der Waals surface area (Å²) in [7, 11) is 0. The first-order valence-electron chi connectivity index (χ1n) is 11.4. The molecule has 0 atom stereocenters. The molecule has 7 nitrogen and oxygen atoms in total. The van der Waals surface area contributed by atoms with Crippen molar-refractivity contribution < 1.29 is 9.26 Å². The second-order valence-corrected chi connectivity index (χ2v) is 9.60. The molecule has 0 aliphatic carbocycles. The van der Waals surface area contributed by atoms with Crippen LogP contribution < -0.4 is 4.90 Å². The summed E-state index contributed by atoms with van der Waals surface area (Å²) in [5.74, 6) is 1.95. The number of ether oxygens (including phenoxy) is 1. The molecule has 3 aromatic heterocycles. The van der Waals surface area contributed by atoms with Crippen molar-refractivity contribution in [1.29, 1.82) is 0 Å². The molecule has 0 amide bonds. The van der Waals surface area contributed by atoms with E-state index in [0.29, 0.717) is 12.6 Å². The maximum atomic E-state index is 6.18. The van der Waals surface area contributed by atoms with Crippen LogP contribution in [-0.2, 0) is 11.3 Å². The molecule has 1 fully saturated rings. The fourth-order valence-corrected chi connectivity index (χ4v) is 4.56. The van der Waals surface area contributed by atoms with E-state index in [1.807, 2.05) is 6.20 Å². The van der Waals surface area contributed by atoms with Gasteiger partial charge in [-0.25, -0.2) is 4.98 Å². The zero-order chi connectivity index (χ0) is 22.8. The van der Waals surface area contributed by atoms with Gasteiger partial charge < -0.3 is 18.7 Å². The number of aromatic nitrogens is 4. The normalized spacial score (nSPS) is 15.1. The van der Waals surface area contributed by atoms with Gasteiger partial charge in [-0.05, 0) is 55.0 Å². The summed E-state index contributed by atoms with van der Waals surface area (Å²) in [6.45, 7) is 6.43. The number of hydrogen-bond acceptors (Lipinski definition) is 7. The van der Waals surface area contributed by atoms with Crippen LogP contribution in [0.4, 0.5) is 6.01 Å². The Bertz CT molecular complexity index is 1210. The van der Waals surface area contributed by atoms with Crippen LogP contribution in [0.3, 0.4) is 0 Å². The summed E-state index contributed by atoms with van der Waals surface area (Å²) >= 11 is 1.76. The first kappa shape index (κ1) is 22.0. The summed E-state index contributed by atoms with van der Waals surface area (Å²) < 4.78 is 13.7. The van der Waals surface area contributed by atoms with E-state index in [4.69, 9.17) is 9.26 Å². The van der Waals surface area contributed by atoms with Crippen molar-refractivity contribution in [3.63, 3.8) is 0 Å². The molecule has 1 saturated heterocycles. The number of pyridine rings is 1. The third kappa shape index (κ3) is 4.77. The van der Waals surface area contributed by atoms with Gasteiger partial charge in [-0.15, -0.1) is 11.8 Å². The molecule has 0 radical (unpaired) electrons. The van der Waals surface area contributed by atoms with Gasteiger partial charge in [0.2, 0.25) is 0 Å². The maximum absolute atomic E-state index is 6.18. The van der Waals surface area contributed by atoms with E-state index in [2.05, 4.69) is 87.3 Å². The highest BCUT2D eigenvalue weighted by Gasteiger charge is 2.24. The molecule has 1 aliphatic heterocycles. The number of rotatable bonds is 7. The van der Waals surface area contributed by atoms with Crippen molar-refractivity contribution in [2.45, 2.75) is 50.2 Å². The Morgan fingerprint density at radius 2 is 2.00 bits per heavy atom. The van der Waals surface area contributed by atoms with Crippen LogP contribution in [0, 0.1) is 0 Å². The monoisotopic (exact) mass is 463 g/mol. The van der Waals surface area contributed by atoms with Gasteiger partial charge in [0.15, 0.2) is 5.82 Å². The van der Waals surface area contributed by atoms with Gasteiger partial charge in [0.05, 0.1) is 18.2 Å².